The molecule has 0 amide bonds. The third-order valence-electron chi connectivity index (χ3n) is 2.80. The Kier molecular flexibility index (Phi) is 3.63. The normalized spacial score (nSPS) is 18.4. The van der Waals surface area contributed by atoms with Crippen LogP contribution in [0.3, 0.4) is 0 Å². The summed E-state index contributed by atoms with van der Waals surface area (Å²) in [5.41, 5.74) is 0. The van der Waals surface area contributed by atoms with Crippen molar-refractivity contribution in [3.05, 3.63) is 20.8 Å². The maximum absolute atomic E-state index is 3.59. The van der Waals surface area contributed by atoms with Gasteiger partial charge in [-0.1, -0.05) is 0 Å². The second kappa shape index (κ2) is 4.77. The summed E-state index contributed by atoms with van der Waals surface area (Å²) in [6, 6.07) is 5.06. The Morgan fingerprint density at radius 2 is 2.36 bits per heavy atom. The van der Waals surface area contributed by atoms with Crippen molar-refractivity contribution in [2.75, 3.05) is 6.54 Å². The largest absolute Gasteiger partial charge is 0.314 e. The van der Waals surface area contributed by atoms with Crippen LogP contribution in [0.5, 0.6) is 0 Å². The topological polar surface area (TPSA) is 12.0 Å². The molecule has 1 heterocycles. The van der Waals surface area contributed by atoms with Crippen LogP contribution in [0.1, 0.15) is 24.6 Å². The maximum atomic E-state index is 3.59. The minimum absolute atomic E-state index is 0.721. The van der Waals surface area contributed by atoms with E-state index in [1.54, 1.807) is 0 Å². The summed E-state index contributed by atoms with van der Waals surface area (Å²) in [6.07, 6.45) is 4.02. The summed E-state index contributed by atoms with van der Waals surface area (Å²) in [5.74, 6) is 0.963. The van der Waals surface area contributed by atoms with Crippen molar-refractivity contribution in [2.24, 2.45) is 5.92 Å². The van der Waals surface area contributed by atoms with Crippen LogP contribution in [0.25, 0.3) is 0 Å². The van der Waals surface area contributed by atoms with Crippen LogP contribution in [0.15, 0.2) is 15.9 Å². The minimum Gasteiger partial charge on any atom is -0.314 e. The molecule has 1 aromatic rings. The zero-order chi connectivity index (χ0) is 9.97. The number of hydrogen-bond acceptors (Lipinski definition) is 2. The zero-order valence-corrected chi connectivity index (χ0v) is 10.8. The molecule has 0 radical (unpaired) electrons. The fraction of sp³-hybridized carbons (Fsp3) is 0.636. The first kappa shape index (κ1) is 10.7. The lowest BCUT2D eigenvalue weighted by molar-refractivity contribution is 0.501. The second-order valence-corrected chi connectivity index (χ2v) is 6.58. The summed E-state index contributed by atoms with van der Waals surface area (Å²) >= 11 is 5.32. The zero-order valence-electron chi connectivity index (χ0n) is 8.42. The standard InChI is InChI=1S/C11H16BrNS/c1-8(9-2-3-9)13-7-6-10-4-5-11(12)14-10/h4-5,8-9,13H,2-3,6-7H2,1H3. The Morgan fingerprint density at radius 1 is 1.57 bits per heavy atom. The van der Waals surface area contributed by atoms with Gasteiger partial charge in [-0.2, -0.15) is 0 Å². The van der Waals surface area contributed by atoms with Crippen molar-refractivity contribution in [2.45, 2.75) is 32.2 Å². The minimum atomic E-state index is 0.721. The molecule has 1 atom stereocenters. The third kappa shape index (κ3) is 3.07. The van der Waals surface area contributed by atoms with Crippen LogP contribution >= 0.6 is 27.3 Å². The van der Waals surface area contributed by atoms with Gasteiger partial charge in [0, 0.05) is 17.5 Å². The van der Waals surface area contributed by atoms with Crippen LogP contribution in [0.4, 0.5) is 0 Å². The predicted molar refractivity (Wildman–Crippen MR) is 65.9 cm³/mol. The molecule has 1 unspecified atom stereocenters. The highest BCUT2D eigenvalue weighted by Crippen LogP contribution is 2.32. The van der Waals surface area contributed by atoms with E-state index < -0.39 is 0 Å². The molecule has 0 aromatic carbocycles. The van der Waals surface area contributed by atoms with Crippen LogP contribution in [-0.2, 0) is 6.42 Å². The quantitative estimate of drug-likeness (QED) is 0.867. The molecule has 1 aliphatic carbocycles. The van der Waals surface area contributed by atoms with Gasteiger partial charge in [-0.05, 0) is 60.2 Å². The number of rotatable bonds is 5. The molecule has 0 aliphatic heterocycles. The molecule has 1 nitrogen and oxygen atoms in total. The highest BCUT2D eigenvalue weighted by atomic mass is 79.9. The van der Waals surface area contributed by atoms with Gasteiger partial charge >= 0.3 is 0 Å². The van der Waals surface area contributed by atoms with Crippen molar-refractivity contribution in [1.29, 1.82) is 0 Å². The molecule has 3 heteroatoms. The summed E-state index contributed by atoms with van der Waals surface area (Å²) in [7, 11) is 0. The Bertz CT molecular complexity index is 293. The number of nitrogens with one attached hydrogen (secondary N) is 1. The van der Waals surface area contributed by atoms with E-state index in [1.165, 1.54) is 21.5 Å². The van der Waals surface area contributed by atoms with Gasteiger partial charge in [0.1, 0.15) is 0 Å². The molecule has 1 fully saturated rings. The van der Waals surface area contributed by atoms with Gasteiger partial charge in [-0.3, -0.25) is 0 Å². The van der Waals surface area contributed by atoms with Crippen molar-refractivity contribution in [1.82, 2.24) is 5.32 Å². The molecule has 0 saturated heterocycles. The van der Waals surface area contributed by atoms with Crippen molar-refractivity contribution >= 4 is 27.3 Å². The molecule has 1 aromatic heterocycles. The van der Waals surface area contributed by atoms with Gasteiger partial charge in [0.15, 0.2) is 0 Å². The van der Waals surface area contributed by atoms with E-state index in [0.717, 1.165) is 24.9 Å². The van der Waals surface area contributed by atoms with Crippen LogP contribution in [0.2, 0.25) is 0 Å². The Hall–Kier alpha value is 0.140. The molecule has 14 heavy (non-hydrogen) atoms. The summed E-state index contributed by atoms with van der Waals surface area (Å²) in [5, 5.41) is 3.59. The Balaban J connectivity index is 1.67. The van der Waals surface area contributed by atoms with E-state index in [1.807, 2.05) is 11.3 Å². The lowest BCUT2D eigenvalue weighted by Gasteiger charge is -2.11. The van der Waals surface area contributed by atoms with E-state index >= 15 is 0 Å². The van der Waals surface area contributed by atoms with Crippen LogP contribution in [0, 0.1) is 5.92 Å². The number of halogens is 1. The van der Waals surface area contributed by atoms with Gasteiger partial charge in [0.2, 0.25) is 0 Å². The maximum Gasteiger partial charge on any atom is 0.0701 e. The van der Waals surface area contributed by atoms with Gasteiger partial charge in [-0.15, -0.1) is 11.3 Å². The average Bonchev–Trinajstić information content (AvgIpc) is 2.92. The molecule has 1 N–H and O–H groups in total. The highest BCUT2D eigenvalue weighted by Gasteiger charge is 2.27. The Morgan fingerprint density at radius 3 is 2.93 bits per heavy atom. The van der Waals surface area contributed by atoms with E-state index in [2.05, 4.69) is 40.3 Å². The van der Waals surface area contributed by atoms with E-state index in [4.69, 9.17) is 0 Å². The molecule has 2 rings (SSSR count). The number of hydrogen-bond donors (Lipinski definition) is 1. The first-order chi connectivity index (χ1) is 6.75. The monoisotopic (exact) mass is 273 g/mol. The van der Waals surface area contributed by atoms with Gasteiger partial charge in [-0.25, -0.2) is 0 Å². The highest BCUT2D eigenvalue weighted by molar-refractivity contribution is 9.11. The van der Waals surface area contributed by atoms with Crippen LogP contribution in [-0.4, -0.2) is 12.6 Å². The molecular formula is C11H16BrNS. The Labute approximate surface area is 98.0 Å². The average molecular weight is 274 g/mol. The van der Waals surface area contributed by atoms with E-state index in [0.29, 0.717) is 0 Å². The molecule has 0 spiro atoms. The molecule has 0 bridgehead atoms. The fourth-order valence-electron chi connectivity index (χ4n) is 1.67. The van der Waals surface area contributed by atoms with Gasteiger partial charge in [0.05, 0.1) is 3.79 Å². The van der Waals surface area contributed by atoms with Crippen molar-refractivity contribution in [3.63, 3.8) is 0 Å². The summed E-state index contributed by atoms with van der Waals surface area (Å²) in [6.45, 7) is 3.42. The third-order valence-corrected chi connectivity index (χ3v) is 4.48. The summed E-state index contributed by atoms with van der Waals surface area (Å²) in [4.78, 5) is 1.47. The first-order valence-electron chi connectivity index (χ1n) is 5.23. The first-order valence-corrected chi connectivity index (χ1v) is 6.84. The molecule has 1 aliphatic rings. The van der Waals surface area contributed by atoms with Gasteiger partial charge < -0.3 is 5.32 Å². The van der Waals surface area contributed by atoms with E-state index in [-0.39, 0.29) is 0 Å². The number of thiophene rings is 1. The molecular weight excluding hydrogens is 258 g/mol. The fourth-order valence-corrected chi connectivity index (χ4v) is 3.15. The van der Waals surface area contributed by atoms with E-state index in [9.17, 15) is 0 Å². The molecule has 78 valence electrons. The van der Waals surface area contributed by atoms with Crippen LogP contribution < -0.4 is 5.32 Å². The SMILES string of the molecule is CC(NCCc1ccc(Br)s1)C1CC1. The van der Waals surface area contributed by atoms with Crippen molar-refractivity contribution in [3.8, 4) is 0 Å². The lowest BCUT2D eigenvalue weighted by atomic mass is 10.2. The van der Waals surface area contributed by atoms with Gasteiger partial charge in [0.25, 0.3) is 0 Å². The second-order valence-electron chi connectivity index (χ2n) is 4.04. The van der Waals surface area contributed by atoms with Crippen molar-refractivity contribution < 1.29 is 0 Å². The summed E-state index contributed by atoms with van der Waals surface area (Å²) < 4.78 is 1.24. The smallest absolute Gasteiger partial charge is 0.0701 e. The lowest BCUT2D eigenvalue weighted by Crippen LogP contribution is -2.29. The predicted octanol–water partition coefficient (Wildman–Crippen LogP) is 3.44. The molecule has 1 saturated carbocycles.